The van der Waals surface area contributed by atoms with Crippen LogP contribution in [0, 0.1) is 11.8 Å². The number of nitrogens with zero attached hydrogens (tertiary/aromatic N) is 6. The Morgan fingerprint density at radius 2 is 0.907 bits per heavy atom. The highest BCUT2D eigenvalue weighted by Gasteiger charge is 2.40. The van der Waals surface area contributed by atoms with Crippen molar-refractivity contribution in [2.24, 2.45) is 11.8 Å². The van der Waals surface area contributed by atoms with Crippen LogP contribution < -0.4 is 42.5 Å². The van der Waals surface area contributed by atoms with Gasteiger partial charge in [0.25, 0.3) is 11.8 Å². The summed E-state index contributed by atoms with van der Waals surface area (Å²) in [5.41, 5.74) is -0.197. The van der Waals surface area contributed by atoms with Gasteiger partial charge in [0, 0.05) is 51.0 Å². The van der Waals surface area contributed by atoms with Crippen molar-refractivity contribution in [1.29, 1.82) is 0 Å². The molecule has 0 unspecified atom stereocenters. The molecule has 6 atom stereocenters. The number of hydrogen-bond donors (Lipinski definition) is 10. The number of carbonyl (C=O) groups excluding carboxylic acids is 12. The van der Waals surface area contributed by atoms with Gasteiger partial charge in [-0.1, -0.05) is 64.1 Å². The molecular formula is C58H74N14O14. The Labute approximate surface area is 495 Å². The van der Waals surface area contributed by atoms with Gasteiger partial charge in [-0.2, -0.15) is 0 Å². The third-order valence-electron chi connectivity index (χ3n) is 15.2. The number of piperidine rings is 2. The predicted molar refractivity (Wildman–Crippen MR) is 309 cm³/mol. The van der Waals surface area contributed by atoms with Gasteiger partial charge in [-0.3, -0.25) is 57.5 Å². The predicted octanol–water partition coefficient (Wildman–Crippen LogP) is -1.47. The number of benzene rings is 2. The highest BCUT2D eigenvalue weighted by Crippen LogP contribution is 2.25. The SMILES string of the molecule is CC(C)[C@@H]1NC(=O)CN(C)C(=O)CNC(=O)[C@@H]2CCCCN2C(=O)[C@H](NC(=O)c2nc3ccccc3cc2O)CNC(=O)[C@H](C(C)C)NC(=O)CN(C)C(=O)CNC(=O)[C@@H]2CCCCN2C(=O)[C@H](NC(=O)c2nc3ccccc3cc2O)CNC1=O. The first kappa shape index (κ1) is 64.1. The minimum atomic E-state index is -1.61. The van der Waals surface area contributed by atoms with E-state index in [4.69, 9.17) is 0 Å². The fraction of sp³-hybridized carbons (Fsp3) is 0.483. The molecule has 0 radical (unpaired) electrons. The number of hydrogen-bond acceptors (Lipinski definition) is 16. The van der Waals surface area contributed by atoms with Crippen LogP contribution in [0.1, 0.15) is 87.2 Å². The van der Waals surface area contributed by atoms with Gasteiger partial charge in [0.1, 0.15) is 47.8 Å². The first-order valence-electron chi connectivity index (χ1n) is 28.5. The van der Waals surface area contributed by atoms with E-state index in [-0.39, 0.29) is 25.9 Å². The van der Waals surface area contributed by atoms with Crippen LogP contribution in [-0.2, 0) is 47.9 Å². The van der Waals surface area contributed by atoms with Crippen LogP contribution in [0.4, 0.5) is 0 Å². The molecule has 7 rings (SSSR count). The van der Waals surface area contributed by atoms with Crippen LogP contribution in [0.15, 0.2) is 60.7 Å². The molecule has 0 spiro atoms. The highest BCUT2D eigenvalue weighted by molar-refractivity contribution is 6.03. The standard InChI is InChI=1S/C58H74N14O14/c1-31(2)47-53(81)59-25-37(65-55(83)49-41(73)23-33-15-7-9-17-35(33)63-49)57(85)71-21-13-11-19-39(71)51(79)62-28-46(78)70(6)30-44(76)68-48(32(3)4)54(82)60-26-38(66-56(84)50-42(74)24-34-16-8-10-18-36(34)64-50)58(86)72-22-14-12-20-40(72)52(80)61-27-45(77)69(5)29-43(75)67-47/h7-10,15-18,23-24,31-32,37-40,47-48,73-74H,11-14,19-22,25-30H2,1-6H3,(H,59,81)(H,60,82)(H,61,80)(H,62,79)(H,65,83)(H,66,84)(H,67,75)(H,68,76)/t37-,38-,39+,40+,47+,48+/m1/s1. The van der Waals surface area contributed by atoms with Gasteiger partial charge in [-0.05, 0) is 74.6 Å². The van der Waals surface area contributed by atoms with Crippen molar-refractivity contribution < 1.29 is 67.7 Å². The molecule has 4 aromatic rings. The van der Waals surface area contributed by atoms with Gasteiger partial charge in [0.2, 0.25) is 59.1 Å². The lowest BCUT2D eigenvalue weighted by Gasteiger charge is -2.37. The molecular weight excluding hydrogens is 1120 g/mol. The Hall–Kier alpha value is -9.50. The third kappa shape index (κ3) is 16.0. The Morgan fingerprint density at radius 1 is 0.535 bits per heavy atom. The lowest BCUT2D eigenvalue weighted by molar-refractivity contribution is -0.144. The van der Waals surface area contributed by atoms with Gasteiger partial charge >= 0.3 is 0 Å². The molecule has 28 heteroatoms. The molecule has 10 N–H and O–H groups in total. The summed E-state index contributed by atoms with van der Waals surface area (Å²) in [5, 5.41) is 43.5. The lowest BCUT2D eigenvalue weighted by Crippen LogP contribution is -2.61. The number of aromatic nitrogens is 2. The number of nitrogens with one attached hydrogen (secondary N) is 8. The van der Waals surface area contributed by atoms with E-state index in [0.29, 0.717) is 47.5 Å². The number of aromatic hydroxyl groups is 2. The number of fused-ring (bicyclic) bond motifs is 4. The fourth-order valence-corrected chi connectivity index (χ4v) is 10.3. The van der Waals surface area contributed by atoms with Crippen molar-refractivity contribution in [1.82, 2.24) is 72.1 Å². The summed E-state index contributed by atoms with van der Waals surface area (Å²) >= 11 is 0. The molecule has 12 amide bonds. The van der Waals surface area contributed by atoms with Crippen molar-refractivity contribution in [3.63, 3.8) is 0 Å². The van der Waals surface area contributed by atoms with E-state index in [9.17, 15) is 67.7 Å². The van der Waals surface area contributed by atoms with E-state index in [0.717, 1.165) is 9.80 Å². The van der Waals surface area contributed by atoms with Crippen LogP contribution in [0.5, 0.6) is 11.5 Å². The summed E-state index contributed by atoms with van der Waals surface area (Å²) in [4.78, 5) is 181. The molecule has 2 aromatic heterocycles. The van der Waals surface area contributed by atoms with Crippen molar-refractivity contribution in [3.05, 3.63) is 72.1 Å². The zero-order valence-electron chi connectivity index (χ0n) is 48.8. The molecule has 3 aliphatic rings. The Morgan fingerprint density at radius 3 is 1.28 bits per heavy atom. The zero-order valence-corrected chi connectivity index (χ0v) is 48.8. The molecule has 86 heavy (non-hydrogen) atoms. The van der Waals surface area contributed by atoms with Crippen molar-refractivity contribution in [2.45, 2.75) is 102 Å². The summed E-state index contributed by atoms with van der Waals surface area (Å²) in [6, 6.07) is 7.78. The number of likely N-dealkylation sites (N-methyl/N-ethyl adjacent to an activating group) is 2. The summed E-state index contributed by atoms with van der Waals surface area (Å²) < 4.78 is 0. The highest BCUT2D eigenvalue weighted by atomic mass is 16.3. The number of carbonyl (C=O) groups is 12. The Bertz CT molecular complexity index is 3070. The molecule has 0 aliphatic carbocycles. The fourth-order valence-electron chi connectivity index (χ4n) is 10.3. The maximum Gasteiger partial charge on any atom is 0.274 e. The van der Waals surface area contributed by atoms with Crippen molar-refractivity contribution >= 4 is 92.7 Å². The second kappa shape index (κ2) is 28.9. The average Bonchev–Trinajstić information content (AvgIpc) is 3.61. The van der Waals surface area contributed by atoms with E-state index in [1.807, 2.05) is 0 Å². The third-order valence-corrected chi connectivity index (χ3v) is 15.2. The number of amides is 12. The van der Waals surface area contributed by atoms with E-state index < -0.39 is 181 Å². The maximum absolute atomic E-state index is 14.7. The molecule has 28 nitrogen and oxygen atoms in total. The zero-order chi connectivity index (χ0) is 62.5. The smallest absolute Gasteiger partial charge is 0.274 e. The average molecular weight is 1190 g/mol. The van der Waals surface area contributed by atoms with Crippen molar-refractivity contribution in [2.75, 3.05) is 66.5 Å². The summed E-state index contributed by atoms with van der Waals surface area (Å²) in [5.74, 6) is -12.1. The van der Waals surface area contributed by atoms with Gasteiger partial charge < -0.3 is 72.3 Å². The maximum atomic E-state index is 14.7. The lowest BCUT2D eigenvalue weighted by atomic mass is 9.99. The monoisotopic (exact) mass is 1190 g/mol. The van der Waals surface area contributed by atoms with Gasteiger partial charge in [0.05, 0.1) is 37.2 Å². The van der Waals surface area contributed by atoms with Gasteiger partial charge in [-0.25, -0.2) is 9.97 Å². The molecule has 3 aliphatic heterocycles. The number of rotatable bonds is 6. The van der Waals surface area contributed by atoms with Gasteiger partial charge in [-0.15, -0.1) is 0 Å². The second-order valence-electron chi connectivity index (χ2n) is 22.2. The molecule has 5 heterocycles. The summed E-state index contributed by atoms with van der Waals surface area (Å²) in [6.45, 7) is 2.82. The summed E-state index contributed by atoms with van der Waals surface area (Å²) in [7, 11) is 2.57. The van der Waals surface area contributed by atoms with Crippen LogP contribution in [0.25, 0.3) is 21.8 Å². The second-order valence-corrected chi connectivity index (χ2v) is 22.2. The minimum Gasteiger partial charge on any atom is -0.505 e. The topological polar surface area (TPSA) is 380 Å². The first-order valence-corrected chi connectivity index (χ1v) is 28.5. The Balaban J connectivity index is 1.15. The molecule has 3 saturated heterocycles. The molecule has 0 bridgehead atoms. The molecule has 460 valence electrons. The first-order chi connectivity index (χ1) is 40.9. The van der Waals surface area contributed by atoms with E-state index in [1.54, 1.807) is 76.2 Å². The van der Waals surface area contributed by atoms with Crippen molar-refractivity contribution in [3.8, 4) is 11.5 Å². The van der Waals surface area contributed by atoms with Crippen LogP contribution in [0.2, 0.25) is 0 Å². The normalized spacial score (nSPS) is 23.0. The van der Waals surface area contributed by atoms with E-state index in [1.165, 1.54) is 36.0 Å². The largest absolute Gasteiger partial charge is 0.505 e. The quantitative estimate of drug-likeness (QED) is 0.105. The van der Waals surface area contributed by atoms with Gasteiger partial charge in [0.15, 0.2) is 11.4 Å². The van der Waals surface area contributed by atoms with E-state index >= 15 is 0 Å². The van der Waals surface area contributed by atoms with Crippen LogP contribution in [0.3, 0.4) is 0 Å². The Kier molecular flexibility index (Phi) is 21.5. The molecule has 0 saturated carbocycles. The van der Waals surface area contributed by atoms with E-state index in [2.05, 4.69) is 52.5 Å². The number of pyridine rings is 2. The number of para-hydroxylation sites is 2. The van der Waals surface area contributed by atoms with Crippen LogP contribution in [-0.4, -0.2) is 213 Å². The minimum absolute atomic E-state index is 0.00784. The molecule has 3 fully saturated rings. The van der Waals surface area contributed by atoms with Crippen LogP contribution >= 0.6 is 0 Å². The summed E-state index contributed by atoms with van der Waals surface area (Å²) in [6.07, 6.45) is 2.06. The molecule has 2 aromatic carbocycles.